The lowest BCUT2D eigenvalue weighted by Gasteiger charge is -2.09. The van der Waals surface area contributed by atoms with E-state index >= 15 is 0 Å². The summed E-state index contributed by atoms with van der Waals surface area (Å²) >= 11 is 3.46. The van der Waals surface area contributed by atoms with E-state index in [1.165, 1.54) is 4.90 Å². The predicted octanol–water partition coefficient (Wildman–Crippen LogP) is 3.81. The SMILES string of the molecule is CSCc1nc2ccccc2n1CC(=O)NCCSc1ccccc1. The number of nitrogens with zero attached hydrogens (tertiary/aromatic N) is 2. The number of aromatic nitrogens is 2. The van der Waals surface area contributed by atoms with Gasteiger partial charge in [0.2, 0.25) is 5.91 Å². The Morgan fingerprint density at radius 1 is 1.12 bits per heavy atom. The molecule has 1 amide bonds. The third-order valence-electron chi connectivity index (χ3n) is 3.74. The summed E-state index contributed by atoms with van der Waals surface area (Å²) in [4.78, 5) is 18.2. The lowest BCUT2D eigenvalue weighted by Crippen LogP contribution is -2.29. The highest BCUT2D eigenvalue weighted by molar-refractivity contribution is 7.99. The molecule has 25 heavy (non-hydrogen) atoms. The molecule has 0 radical (unpaired) electrons. The van der Waals surface area contributed by atoms with Crippen molar-refractivity contribution in [3.05, 3.63) is 60.4 Å². The van der Waals surface area contributed by atoms with Crippen LogP contribution in [0.25, 0.3) is 11.0 Å². The van der Waals surface area contributed by atoms with Gasteiger partial charge in [-0.25, -0.2) is 4.98 Å². The normalized spacial score (nSPS) is 10.9. The quantitative estimate of drug-likeness (QED) is 0.483. The molecule has 2 aromatic carbocycles. The summed E-state index contributed by atoms with van der Waals surface area (Å²) in [5, 5.41) is 3.01. The number of amides is 1. The number of rotatable bonds is 8. The smallest absolute Gasteiger partial charge is 0.240 e. The second-order valence-corrected chi connectivity index (χ2v) is 7.58. The van der Waals surface area contributed by atoms with Gasteiger partial charge in [-0.05, 0) is 30.5 Å². The number of hydrogen-bond acceptors (Lipinski definition) is 4. The topological polar surface area (TPSA) is 46.9 Å². The van der Waals surface area contributed by atoms with E-state index in [9.17, 15) is 4.79 Å². The molecule has 0 saturated heterocycles. The molecule has 0 unspecified atom stereocenters. The molecule has 0 aliphatic rings. The van der Waals surface area contributed by atoms with Crippen molar-refractivity contribution in [3.8, 4) is 0 Å². The fourth-order valence-electron chi connectivity index (χ4n) is 2.62. The van der Waals surface area contributed by atoms with Gasteiger partial charge in [0.15, 0.2) is 0 Å². The van der Waals surface area contributed by atoms with Crippen LogP contribution in [0.15, 0.2) is 59.5 Å². The second-order valence-electron chi connectivity index (χ2n) is 5.55. The maximum absolute atomic E-state index is 12.3. The van der Waals surface area contributed by atoms with Crippen LogP contribution >= 0.6 is 23.5 Å². The highest BCUT2D eigenvalue weighted by atomic mass is 32.2. The minimum Gasteiger partial charge on any atom is -0.354 e. The van der Waals surface area contributed by atoms with Gasteiger partial charge in [0.05, 0.1) is 16.8 Å². The summed E-state index contributed by atoms with van der Waals surface area (Å²) in [7, 11) is 0. The van der Waals surface area contributed by atoms with Crippen molar-refractivity contribution in [2.75, 3.05) is 18.6 Å². The van der Waals surface area contributed by atoms with Gasteiger partial charge in [0.1, 0.15) is 12.4 Å². The van der Waals surface area contributed by atoms with Crippen LogP contribution in [0.5, 0.6) is 0 Å². The maximum atomic E-state index is 12.3. The number of carbonyl (C=O) groups excluding carboxylic acids is 1. The van der Waals surface area contributed by atoms with E-state index in [-0.39, 0.29) is 5.91 Å². The van der Waals surface area contributed by atoms with E-state index in [0.717, 1.165) is 28.4 Å². The summed E-state index contributed by atoms with van der Waals surface area (Å²) in [6, 6.07) is 18.2. The lowest BCUT2D eigenvalue weighted by molar-refractivity contribution is -0.121. The molecule has 6 heteroatoms. The molecular weight excluding hydrogens is 350 g/mol. The van der Waals surface area contributed by atoms with Crippen molar-refractivity contribution < 1.29 is 4.79 Å². The Kier molecular flexibility index (Phi) is 6.42. The number of benzene rings is 2. The Hall–Kier alpha value is -1.92. The zero-order valence-corrected chi connectivity index (χ0v) is 15.8. The zero-order chi connectivity index (χ0) is 17.5. The summed E-state index contributed by atoms with van der Waals surface area (Å²) in [5.74, 6) is 2.63. The van der Waals surface area contributed by atoms with E-state index in [1.54, 1.807) is 23.5 Å². The standard InChI is InChI=1S/C19H21N3OS2/c1-24-14-18-21-16-9-5-6-10-17(16)22(18)13-19(23)20-11-12-25-15-7-3-2-4-8-15/h2-10H,11-14H2,1H3,(H,20,23). The van der Waals surface area contributed by atoms with E-state index in [1.807, 2.05) is 53.3 Å². The first-order valence-corrected chi connectivity index (χ1v) is 10.5. The van der Waals surface area contributed by atoms with E-state index in [0.29, 0.717) is 13.1 Å². The third-order valence-corrected chi connectivity index (χ3v) is 5.31. The number of carbonyl (C=O) groups is 1. The van der Waals surface area contributed by atoms with Crippen LogP contribution in [-0.2, 0) is 17.1 Å². The fourth-order valence-corrected chi connectivity index (χ4v) is 3.88. The van der Waals surface area contributed by atoms with Crippen molar-refractivity contribution in [1.29, 1.82) is 0 Å². The zero-order valence-electron chi connectivity index (χ0n) is 14.1. The molecule has 3 aromatic rings. The first-order valence-electron chi connectivity index (χ1n) is 8.15. The second kappa shape index (κ2) is 8.97. The van der Waals surface area contributed by atoms with E-state index in [2.05, 4.69) is 22.4 Å². The van der Waals surface area contributed by atoms with Gasteiger partial charge in [-0.15, -0.1) is 11.8 Å². The number of imidazole rings is 1. The summed E-state index contributed by atoms with van der Waals surface area (Å²) in [5.41, 5.74) is 1.96. The number of thioether (sulfide) groups is 2. The molecule has 0 fully saturated rings. The predicted molar refractivity (Wildman–Crippen MR) is 107 cm³/mol. The Morgan fingerprint density at radius 2 is 1.88 bits per heavy atom. The minimum atomic E-state index is 0.0270. The molecule has 4 nitrogen and oxygen atoms in total. The molecule has 0 aliphatic carbocycles. The van der Waals surface area contributed by atoms with Crippen molar-refractivity contribution in [3.63, 3.8) is 0 Å². The highest BCUT2D eigenvalue weighted by Crippen LogP contribution is 2.19. The van der Waals surface area contributed by atoms with Gasteiger partial charge in [0.25, 0.3) is 0 Å². The summed E-state index contributed by atoms with van der Waals surface area (Å²) < 4.78 is 2.02. The van der Waals surface area contributed by atoms with Crippen LogP contribution in [0.1, 0.15) is 5.82 Å². The van der Waals surface area contributed by atoms with Crippen LogP contribution in [0, 0.1) is 0 Å². The van der Waals surface area contributed by atoms with Crippen LogP contribution in [0.2, 0.25) is 0 Å². The number of para-hydroxylation sites is 2. The molecule has 0 bridgehead atoms. The van der Waals surface area contributed by atoms with Gasteiger partial charge >= 0.3 is 0 Å². The Balaban J connectivity index is 1.57. The maximum Gasteiger partial charge on any atom is 0.240 e. The molecule has 0 atom stereocenters. The van der Waals surface area contributed by atoms with E-state index in [4.69, 9.17) is 0 Å². The number of fused-ring (bicyclic) bond motifs is 1. The van der Waals surface area contributed by atoms with Crippen molar-refractivity contribution in [2.24, 2.45) is 0 Å². The van der Waals surface area contributed by atoms with Crippen LogP contribution in [0.4, 0.5) is 0 Å². The lowest BCUT2D eigenvalue weighted by atomic mass is 10.3. The molecule has 0 saturated carbocycles. The third kappa shape index (κ3) is 4.80. The van der Waals surface area contributed by atoms with Crippen LogP contribution in [-0.4, -0.2) is 34.0 Å². The highest BCUT2D eigenvalue weighted by Gasteiger charge is 2.12. The number of hydrogen-bond donors (Lipinski definition) is 1. The summed E-state index contributed by atoms with van der Waals surface area (Å²) in [6.07, 6.45) is 2.05. The van der Waals surface area contributed by atoms with Gasteiger partial charge in [-0.1, -0.05) is 30.3 Å². The van der Waals surface area contributed by atoms with Crippen LogP contribution in [0.3, 0.4) is 0 Å². The first-order chi connectivity index (χ1) is 12.3. The Bertz CT molecular complexity index is 833. The molecule has 0 aliphatic heterocycles. The Labute approximate surface area is 156 Å². The van der Waals surface area contributed by atoms with Gasteiger partial charge < -0.3 is 9.88 Å². The largest absolute Gasteiger partial charge is 0.354 e. The molecule has 130 valence electrons. The molecule has 3 rings (SSSR count). The number of nitrogens with one attached hydrogen (secondary N) is 1. The van der Waals surface area contributed by atoms with Gasteiger partial charge in [-0.3, -0.25) is 4.79 Å². The average molecular weight is 372 g/mol. The molecule has 1 N–H and O–H groups in total. The molecule has 1 heterocycles. The minimum absolute atomic E-state index is 0.0270. The molecular formula is C19H21N3OS2. The van der Waals surface area contributed by atoms with Gasteiger partial charge in [-0.2, -0.15) is 11.8 Å². The molecule has 0 spiro atoms. The average Bonchev–Trinajstić information content (AvgIpc) is 2.97. The van der Waals surface area contributed by atoms with Crippen molar-refractivity contribution >= 4 is 40.5 Å². The Morgan fingerprint density at radius 3 is 2.68 bits per heavy atom. The molecule has 1 aromatic heterocycles. The van der Waals surface area contributed by atoms with Crippen LogP contribution < -0.4 is 5.32 Å². The van der Waals surface area contributed by atoms with Gasteiger partial charge in [0, 0.05) is 17.2 Å². The van der Waals surface area contributed by atoms with E-state index < -0.39 is 0 Å². The van der Waals surface area contributed by atoms with Crippen molar-refractivity contribution in [1.82, 2.24) is 14.9 Å². The fraction of sp³-hybridized carbons (Fsp3) is 0.263. The monoisotopic (exact) mass is 371 g/mol. The summed E-state index contributed by atoms with van der Waals surface area (Å²) in [6.45, 7) is 0.968. The first kappa shape index (κ1) is 17.9. The van der Waals surface area contributed by atoms with Crippen molar-refractivity contribution in [2.45, 2.75) is 17.2 Å².